The molecule has 8 heteroatoms. The van der Waals surface area contributed by atoms with Crippen LogP contribution in [0.15, 0.2) is 23.0 Å². The Labute approximate surface area is 150 Å². The Balaban J connectivity index is 1.31. The number of carbonyl (C=O) groups is 1. The maximum Gasteiger partial charge on any atom is 0.267 e. The molecule has 2 aliphatic heterocycles. The van der Waals surface area contributed by atoms with Crippen molar-refractivity contribution < 1.29 is 14.3 Å². The third-order valence-electron chi connectivity index (χ3n) is 4.99. The average Bonchev–Trinajstić information content (AvgIpc) is 3.23. The minimum atomic E-state index is -0.211. The van der Waals surface area contributed by atoms with Gasteiger partial charge in [0.05, 0.1) is 6.42 Å². The summed E-state index contributed by atoms with van der Waals surface area (Å²) in [6, 6.07) is 6.00. The molecule has 2 aromatic rings. The normalized spacial score (nSPS) is 16.9. The summed E-state index contributed by atoms with van der Waals surface area (Å²) in [6.07, 6.45) is 0.146. The van der Waals surface area contributed by atoms with E-state index in [2.05, 4.69) is 15.1 Å². The number of hydrogen-bond acceptors (Lipinski definition) is 5. The smallest absolute Gasteiger partial charge is 0.267 e. The molecule has 4 rings (SSSR count). The number of nitrogens with zero attached hydrogens (tertiary/aromatic N) is 2. The van der Waals surface area contributed by atoms with Gasteiger partial charge in [-0.25, -0.2) is 0 Å². The molecule has 2 aliphatic rings. The number of rotatable bonds is 4. The Morgan fingerprint density at radius 3 is 2.62 bits per heavy atom. The Morgan fingerprint density at radius 2 is 1.88 bits per heavy atom. The minimum Gasteiger partial charge on any atom is -0.454 e. The van der Waals surface area contributed by atoms with Crippen molar-refractivity contribution in [3.05, 3.63) is 45.4 Å². The lowest BCUT2D eigenvalue weighted by Crippen LogP contribution is -2.48. The molecule has 0 spiro atoms. The van der Waals surface area contributed by atoms with Gasteiger partial charge >= 0.3 is 0 Å². The van der Waals surface area contributed by atoms with E-state index in [0.717, 1.165) is 36.8 Å². The van der Waals surface area contributed by atoms with Crippen molar-refractivity contribution in [1.82, 2.24) is 20.0 Å². The largest absolute Gasteiger partial charge is 0.454 e. The Morgan fingerprint density at radius 1 is 1.12 bits per heavy atom. The van der Waals surface area contributed by atoms with Crippen molar-refractivity contribution in [2.75, 3.05) is 33.0 Å². The first-order chi connectivity index (χ1) is 12.6. The standard InChI is InChI=1S/C18H22N4O4/c1-12-14(18(24)20-19-12)9-17(23)22-6-4-21(5-7-22)10-13-2-3-15-16(8-13)26-11-25-15/h2-3,8H,4-7,9-11H2,1H3,(H2,19,20,24). The Hall–Kier alpha value is -2.74. The average molecular weight is 358 g/mol. The lowest BCUT2D eigenvalue weighted by Gasteiger charge is -2.34. The first-order valence-corrected chi connectivity index (χ1v) is 8.75. The van der Waals surface area contributed by atoms with Gasteiger partial charge in [-0.3, -0.25) is 19.6 Å². The molecule has 0 radical (unpaired) electrons. The SMILES string of the molecule is Cc1[nH][nH]c(=O)c1CC(=O)N1CCN(Cc2ccc3c(c2)OCO3)CC1. The molecule has 8 nitrogen and oxygen atoms in total. The molecule has 3 heterocycles. The Bertz CT molecular complexity index is 864. The number of aryl methyl sites for hydroxylation is 1. The first kappa shape index (κ1) is 16.7. The van der Waals surface area contributed by atoms with E-state index in [4.69, 9.17) is 9.47 Å². The highest BCUT2D eigenvalue weighted by Gasteiger charge is 2.23. The Kier molecular flexibility index (Phi) is 4.42. The lowest BCUT2D eigenvalue weighted by atomic mass is 10.1. The zero-order valence-corrected chi connectivity index (χ0v) is 14.7. The van der Waals surface area contributed by atoms with E-state index in [0.29, 0.717) is 18.7 Å². The highest BCUT2D eigenvalue weighted by atomic mass is 16.7. The maximum atomic E-state index is 12.5. The van der Waals surface area contributed by atoms with Crippen LogP contribution in [0.4, 0.5) is 0 Å². The second kappa shape index (κ2) is 6.87. The predicted molar refractivity (Wildman–Crippen MR) is 94.3 cm³/mol. The predicted octanol–water partition coefficient (Wildman–Crippen LogP) is 0.627. The van der Waals surface area contributed by atoms with Gasteiger partial charge in [0.15, 0.2) is 11.5 Å². The van der Waals surface area contributed by atoms with Gasteiger partial charge in [-0.05, 0) is 24.6 Å². The maximum absolute atomic E-state index is 12.5. The molecule has 138 valence electrons. The number of ether oxygens (including phenoxy) is 2. The third kappa shape index (κ3) is 3.32. The number of amides is 1. The molecular weight excluding hydrogens is 336 g/mol. The quantitative estimate of drug-likeness (QED) is 0.837. The molecule has 0 bridgehead atoms. The summed E-state index contributed by atoms with van der Waals surface area (Å²) in [5.74, 6) is 1.59. The van der Waals surface area contributed by atoms with Gasteiger partial charge in [0, 0.05) is 44.0 Å². The minimum absolute atomic E-state index is 0.000861. The molecule has 1 saturated heterocycles. The summed E-state index contributed by atoms with van der Waals surface area (Å²) in [5.41, 5.74) is 2.21. The van der Waals surface area contributed by atoms with Crippen molar-refractivity contribution >= 4 is 5.91 Å². The number of benzene rings is 1. The van der Waals surface area contributed by atoms with Crippen molar-refractivity contribution in [1.29, 1.82) is 0 Å². The summed E-state index contributed by atoms with van der Waals surface area (Å²) in [7, 11) is 0. The number of fused-ring (bicyclic) bond motifs is 1. The van der Waals surface area contributed by atoms with Crippen molar-refractivity contribution in [3.8, 4) is 11.5 Å². The van der Waals surface area contributed by atoms with Gasteiger partial charge in [-0.2, -0.15) is 0 Å². The number of hydrogen-bond donors (Lipinski definition) is 2. The van der Waals surface area contributed by atoms with E-state index in [9.17, 15) is 9.59 Å². The van der Waals surface area contributed by atoms with Gasteiger partial charge in [0.1, 0.15) is 0 Å². The molecular formula is C18H22N4O4. The summed E-state index contributed by atoms with van der Waals surface area (Å²) in [6.45, 7) is 5.85. The van der Waals surface area contributed by atoms with Gasteiger partial charge in [-0.15, -0.1) is 0 Å². The molecule has 1 amide bonds. The van der Waals surface area contributed by atoms with Crippen LogP contribution in [0.2, 0.25) is 0 Å². The second-order valence-corrected chi connectivity index (χ2v) is 6.70. The van der Waals surface area contributed by atoms with Crippen LogP contribution in [-0.2, 0) is 17.8 Å². The first-order valence-electron chi connectivity index (χ1n) is 8.75. The zero-order chi connectivity index (χ0) is 18.1. The van der Waals surface area contributed by atoms with Crippen molar-refractivity contribution in [3.63, 3.8) is 0 Å². The number of nitrogens with one attached hydrogen (secondary N) is 2. The monoisotopic (exact) mass is 358 g/mol. The van der Waals surface area contributed by atoms with Gasteiger partial charge in [0.2, 0.25) is 12.7 Å². The number of aromatic amines is 2. The molecule has 2 N–H and O–H groups in total. The van der Waals surface area contributed by atoms with E-state index in [1.165, 1.54) is 5.56 Å². The number of aromatic nitrogens is 2. The van der Waals surface area contributed by atoms with Crippen LogP contribution < -0.4 is 15.0 Å². The van der Waals surface area contributed by atoms with E-state index in [1.54, 1.807) is 6.92 Å². The molecule has 1 fully saturated rings. The molecule has 0 atom stereocenters. The highest BCUT2D eigenvalue weighted by Crippen LogP contribution is 2.32. The molecule has 1 aromatic carbocycles. The van der Waals surface area contributed by atoms with E-state index in [-0.39, 0.29) is 24.7 Å². The molecule has 0 saturated carbocycles. The fourth-order valence-corrected chi connectivity index (χ4v) is 3.40. The molecule has 1 aromatic heterocycles. The van der Waals surface area contributed by atoms with E-state index < -0.39 is 0 Å². The van der Waals surface area contributed by atoms with Gasteiger partial charge in [-0.1, -0.05) is 6.07 Å². The summed E-state index contributed by atoms with van der Waals surface area (Å²) in [5, 5.41) is 5.28. The summed E-state index contributed by atoms with van der Waals surface area (Å²) in [4.78, 5) is 28.3. The van der Waals surface area contributed by atoms with Crippen molar-refractivity contribution in [2.45, 2.75) is 19.9 Å². The summed E-state index contributed by atoms with van der Waals surface area (Å²) < 4.78 is 10.8. The molecule has 26 heavy (non-hydrogen) atoms. The lowest BCUT2D eigenvalue weighted by molar-refractivity contribution is -0.132. The molecule has 0 aliphatic carbocycles. The van der Waals surface area contributed by atoms with Gasteiger partial charge < -0.3 is 19.5 Å². The fraction of sp³-hybridized carbons (Fsp3) is 0.444. The van der Waals surface area contributed by atoms with Crippen LogP contribution >= 0.6 is 0 Å². The van der Waals surface area contributed by atoms with Crippen LogP contribution in [0, 0.1) is 6.92 Å². The fourth-order valence-electron chi connectivity index (χ4n) is 3.40. The third-order valence-corrected chi connectivity index (χ3v) is 4.99. The number of piperazine rings is 1. The second-order valence-electron chi connectivity index (χ2n) is 6.70. The van der Waals surface area contributed by atoms with Crippen LogP contribution in [0.5, 0.6) is 11.5 Å². The number of carbonyl (C=O) groups excluding carboxylic acids is 1. The number of H-pyrrole nitrogens is 2. The zero-order valence-electron chi connectivity index (χ0n) is 14.7. The highest BCUT2D eigenvalue weighted by molar-refractivity contribution is 5.79. The van der Waals surface area contributed by atoms with Crippen LogP contribution in [0.1, 0.15) is 16.8 Å². The van der Waals surface area contributed by atoms with E-state index >= 15 is 0 Å². The van der Waals surface area contributed by atoms with Crippen molar-refractivity contribution in [2.24, 2.45) is 0 Å². The van der Waals surface area contributed by atoms with E-state index in [1.807, 2.05) is 23.1 Å². The van der Waals surface area contributed by atoms with Gasteiger partial charge in [0.25, 0.3) is 5.56 Å². The summed E-state index contributed by atoms with van der Waals surface area (Å²) >= 11 is 0. The van der Waals surface area contributed by atoms with Crippen LogP contribution in [-0.4, -0.2) is 58.9 Å². The van der Waals surface area contributed by atoms with Crippen LogP contribution in [0.3, 0.4) is 0 Å². The van der Waals surface area contributed by atoms with Crippen LogP contribution in [0.25, 0.3) is 0 Å². The molecule has 0 unspecified atom stereocenters. The topological polar surface area (TPSA) is 90.7 Å².